The number of H-pyrrole nitrogens is 1. The van der Waals surface area contributed by atoms with Gasteiger partial charge in [-0.3, -0.25) is 4.98 Å². The van der Waals surface area contributed by atoms with Gasteiger partial charge in [0, 0.05) is 34.1 Å². The molecule has 0 radical (unpaired) electrons. The number of pyridine rings is 2. The van der Waals surface area contributed by atoms with E-state index in [1.807, 2.05) is 60.8 Å². The molecule has 30 heavy (non-hydrogen) atoms. The van der Waals surface area contributed by atoms with E-state index in [2.05, 4.69) is 50.7 Å². The second-order valence-corrected chi connectivity index (χ2v) is 7.58. The fourth-order valence-corrected chi connectivity index (χ4v) is 4.03. The minimum absolute atomic E-state index is 0.902. The first-order valence-corrected chi connectivity index (χ1v) is 10.5. The number of para-hydroxylation sites is 1. The zero-order chi connectivity index (χ0) is 20.2. The van der Waals surface area contributed by atoms with Crippen molar-refractivity contribution >= 4 is 33.3 Å². The van der Waals surface area contributed by atoms with Gasteiger partial charge in [0.05, 0.1) is 16.9 Å². The van der Waals surface area contributed by atoms with Gasteiger partial charge in [0.1, 0.15) is 10.7 Å². The Bertz CT molecular complexity index is 1300. The maximum Gasteiger partial charge on any atom is 0.140 e. The third kappa shape index (κ3) is 3.83. The van der Waals surface area contributed by atoms with Gasteiger partial charge in [-0.25, -0.2) is 9.97 Å². The Hall–Kier alpha value is -3.83. The first-order valence-electron chi connectivity index (χ1n) is 9.62. The fraction of sp³-hybridized carbons (Fsp3) is 0. The number of benzene rings is 2. The molecule has 0 saturated carbocycles. The molecule has 6 rings (SSSR count). The fourth-order valence-electron chi connectivity index (χ4n) is 3.23. The SMILES string of the molecule is c1ccc(-c2csc(-c3cc4cccnc4[nH]3)n2)cc1.c1ccc2ncccc2c1. The lowest BCUT2D eigenvalue weighted by molar-refractivity contribution is 1.31. The summed E-state index contributed by atoms with van der Waals surface area (Å²) < 4.78 is 0. The summed E-state index contributed by atoms with van der Waals surface area (Å²) in [6.07, 6.45) is 3.60. The molecule has 5 heteroatoms. The average molecular weight is 407 g/mol. The molecular weight excluding hydrogens is 388 g/mol. The highest BCUT2D eigenvalue weighted by Crippen LogP contribution is 2.29. The molecule has 0 aliphatic heterocycles. The summed E-state index contributed by atoms with van der Waals surface area (Å²) in [5, 5.41) is 5.38. The van der Waals surface area contributed by atoms with Gasteiger partial charge in [0.25, 0.3) is 0 Å². The van der Waals surface area contributed by atoms with E-state index in [-0.39, 0.29) is 0 Å². The number of thiazole rings is 1. The van der Waals surface area contributed by atoms with Crippen molar-refractivity contribution in [1.29, 1.82) is 0 Å². The molecular formula is C25H18N4S. The Morgan fingerprint density at radius 2 is 1.43 bits per heavy atom. The predicted molar refractivity (Wildman–Crippen MR) is 124 cm³/mol. The van der Waals surface area contributed by atoms with Gasteiger partial charge in [0.2, 0.25) is 0 Å². The van der Waals surface area contributed by atoms with Crippen molar-refractivity contribution in [1.82, 2.24) is 19.9 Å². The highest BCUT2D eigenvalue weighted by atomic mass is 32.1. The summed E-state index contributed by atoms with van der Waals surface area (Å²) in [6.45, 7) is 0. The summed E-state index contributed by atoms with van der Waals surface area (Å²) in [5.74, 6) is 0. The van der Waals surface area contributed by atoms with E-state index in [1.54, 1.807) is 17.5 Å². The van der Waals surface area contributed by atoms with E-state index < -0.39 is 0 Å². The minimum Gasteiger partial charge on any atom is -0.337 e. The largest absolute Gasteiger partial charge is 0.337 e. The molecule has 0 aliphatic carbocycles. The van der Waals surface area contributed by atoms with Crippen LogP contribution < -0.4 is 0 Å². The smallest absolute Gasteiger partial charge is 0.140 e. The molecule has 0 unspecified atom stereocenters. The second-order valence-electron chi connectivity index (χ2n) is 6.72. The van der Waals surface area contributed by atoms with Crippen LogP contribution in [0.5, 0.6) is 0 Å². The highest BCUT2D eigenvalue weighted by molar-refractivity contribution is 7.13. The lowest BCUT2D eigenvalue weighted by Crippen LogP contribution is -1.79. The van der Waals surface area contributed by atoms with E-state index in [1.165, 1.54) is 5.39 Å². The maximum atomic E-state index is 4.71. The molecule has 0 saturated heterocycles. The first-order chi connectivity index (χ1) is 14.9. The Balaban J connectivity index is 0.000000161. The van der Waals surface area contributed by atoms with Gasteiger partial charge in [-0.15, -0.1) is 11.3 Å². The van der Waals surface area contributed by atoms with Crippen LogP contribution >= 0.6 is 11.3 Å². The van der Waals surface area contributed by atoms with Crippen LogP contribution in [0.25, 0.3) is 43.9 Å². The Morgan fingerprint density at radius 1 is 0.700 bits per heavy atom. The van der Waals surface area contributed by atoms with E-state index >= 15 is 0 Å². The molecule has 0 bridgehead atoms. The van der Waals surface area contributed by atoms with Crippen LogP contribution in [0.3, 0.4) is 0 Å². The number of aromatic nitrogens is 4. The molecule has 4 aromatic heterocycles. The van der Waals surface area contributed by atoms with E-state index in [0.717, 1.165) is 38.5 Å². The lowest BCUT2D eigenvalue weighted by Gasteiger charge is -1.94. The van der Waals surface area contributed by atoms with Gasteiger partial charge in [0.15, 0.2) is 0 Å². The van der Waals surface area contributed by atoms with Crippen LogP contribution in [0.2, 0.25) is 0 Å². The third-order valence-electron chi connectivity index (χ3n) is 4.71. The van der Waals surface area contributed by atoms with E-state index in [9.17, 15) is 0 Å². The zero-order valence-corrected chi connectivity index (χ0v) is 16.9. The van der Waals surface area contributed by atoms with Gasteiger partial charge in [-0.05, 0) is 30.3 Å². The molecule has 4 heterocycles. The molecule has 6 aromatic rings. The highest BCUT2D eigenvalue weighted by Gasteiger charge is 2.09. The molecule has 0 aliphatic rings. The quantitative estimate of drug-likeness (QED) is 0.353. The van der Waals surface area contributed by atoms with Crippen molar-refractivity contribution in [2.75, 3.05) is 0 Å². The van der Waals surface area contributed by atoms with Gasteiger partial charge in [-0.2, -0.15) is 0 Å². The summed E-state index contributed by atoms with van der Waals surface area (Å²) in [6, 6.07) is 28.4. The summed E-state index contributed by atoms with van der Waals surface area (Å²) in [5.41, 5.74) is 5.14. The van der Waals surface area contributed by atoms with Crippen molar-refractivity contribution in [3.05, 3.63) is 103 Å². The van der Waals surface area contributed by atoms with Crippen molar-refractivity contribution in [2.24, 2.45) is 0 Å². The van der Waals surface area contributed by atoms with Gasteiger partial charge < -0.3 is 4.98 Å². The maximum absolute atomic E-state index is 4.71. The Labute approximate surface area is 177 Å². The van der Waals surface area contributed by atoms with Crippen molar-refractivity contribution in [3.63, 3.8) is 0 Å². The molecule has 1 N–H and O–H groups in total. The van der Waals surface area contributed by atoms with Crippen LogP contribution in [-0.4, -0.2) is 19.9 Å². The zero-order valence-electron chi connectivity index (χ0n) is 16.1. The molecule has 0 amide bonds. The molecule has 0 fully saturated rings. The van der Waals surface area contributed by atoms with Gasteiger partial charge >= 0.3 is 0 Å². The number of nitrogens with zero attached hydrogens (tertiary/aromatic N) is 3. The summed E-state index contributed by atoms with van der Waals surface area (Å²) in [4.78, 5) is 16.5. The molecule has 144 valence electrons. The Kier molecular flexibility index (Phi) is 5.02. The number of fused-ring (bicyclic) bond motifs is 2. The summed E-state index contributed by atoms with van der Waals surface area (Å²) in [7, 11) is 0. The van der Waals surface area contributed by atoms with Crippen LogP contribution in [0, 0.1) is 0 Å². The van der Waals surface area contributed by atoms with Gasteiger partial charge in [-0.1, -0.05) is 54.6 Å². The number of hydrogen-bond acceptors (Lipinski definition) is 4. The average Bonchev–Trinajstić information content (AvgIpc) is 3.47. The predicted octanol–water partition coefficient (Wildman–Crippen LogP) is 6.59. The summed E-state index contributed by atoms with van der Waals surface area (Å²) >= 11 is 1.64. The number of rotatable bonds is 2. The number of nitrogens with one attached hydrogen (secondary N) is 1. The molecule has 4 nitrogen and oxygen atoms in total. The molecule has 0 spiro atoms. The lowest BCUT2D eigenvalue weighted by atomic mass is 10.2. The molecule has 2 aromatic carbocycles. The Morgan fingerprint density at radius 3 is 2.27 bits per heavy atom. The van der Waals surface area contributed by atoms with Crippen molar-refractivity contribution < 1.29 is 0 Å². The van der Waals surface area contributed by atoms with Crippen LogP contribution in [0.15, 0.2) is 103 Å². The topological polar surface area (TPSA) is 54.5 Å². The monoisotopic (exact) mass is 406 g/mol. The third-order valence-corrected chi connectivity index (χ3v) is 5.58. The van der Waals surface area contributed by atoms with Crippen molar-refractivity contribution in [2.45, 2.75) is 0 Å². The first kappa shape index (κ1) is 18.2. The van der Waals surface area contributed by atoms with Crippen molar-refractivity contribution in [3.8, 4) is 22.0 Å². The standard InChI is InChI=1S/C16H11N3S.C9H7N/c1-2-5-11(6-3-1)14-10-20-16(19-14)13-9-12-7-4-8-17-15(12)18-13;1-2-6-9-8(4-1)5-3-7-10-9/h1-10H,(H,17,18);1-7H. The van der Waals surface area contributed by atoms with Crippen LogP contribution in [0.4, 0.5) is 0 Å². The van der Waals surface area contributed by atoms with E-state index in [4.69, 9.17) is 4.98 Å². The molecule has 0 atom stereocenters. The van der Waals surface area contributed by atoms with Crippen LogP contribution in [0.1, 0.15) is 0 Å². The normalized spacial score (nSPS) is 10.7. The number of hydrogen-bond donors (Lipinski definition) is 1. The second kappa shape index (κ2) is 8.27. The van der Waals surface area contributed by atoms with E-state index in [0.29, 0.717) is 0 Å². The number of aromatic amines is 1. The minimum atomic E-state index is 0.902. The van der Waals surface area contributed by atoms with Crippen LogP contribution in [-0.2, 0) is 0 Å².